The van der Waals surface area contributed by atoms with Crippen molar-refractivity contribution in [2.24, 2.45) is 0 Å². The Kier molecular flexibility index (Phi) is 7.38. The van der Waals surface area contributed by atoms with Crippen molar-refractivity contribution in [3.63, 3.8) is 0 Å². The summed E-state index contributed by atoms with van der Waals surface area (Å²) >= 11 is 0. The fourth-order valence-corrected chi connectivity index (χ4v) is 4.54. The van der Waals surface area contributed by atoms with Crippen LogP contribution in [0.15, 0.2) is 12.1 Å². The maximum absolute atomic E-state index is 11.6. The van der Waals surface area contributed by atoms with Gasteiger partial charge in [-0.1, -0.05) is 6.07 Å². The molecule has 2 aliphatic rings. The van der Waals surface area contributed by atoms with Crippen molar-refractivity contribution in [1.82, 2.24) is 10.2 Å². The highest BCUT2D eigenvalue weighted by atomic mass is 16.5. The number of benzene rings is 1. The van der Waals surface area contributed by atoms with Crippen LogP contribution < -0.4 is 14.8 Å². The molecule has 1 amide bonds. The highest BCUT2D eigenvalue weighted by Gasteiger charge is 2.42. The summed E-state index contributed by atoms with van der Waals surface area (Å²) in [6.07, 6.45) is 4.21. The zero-order chi connectivity index (χ0) is 20.9. The number of likely N-dealkylation sites (tertiary alicyclic amines) is 1. The lowest BCUT2D eigenvalue weighted by Gasteiger charge is -2.39. The Hall–Kier alpha value is -1.83. The molecular weight excluding hydrogens is 372 g/mol. The number of hydrogen-bond acceptors (Lipinski definition) is 6. The molecule has 1 aromatic carbocycles. The Morgan fingerprint density at radius 3 is 2.62 bits per heavy atom. The predicted molar refractivity (Wildman–Crippen MR) is 111 cm³/mol. The molecule has 7 nitrogen and oxygen atoms in total. The van der Waals surface area contributed by atoms with E-state index in [0.29, 0.717) is 6.54 Å². The third-order valence-electron chi connectivity index (χ3n) is 6.16. The Balaban J connectivity index is 1.51. The summed E-state index contributed by atoms with van der Waals surface area (Å²) in [4.78, 5) is 14.0. The van der Waals surface area contributed by atoms with Crippen LogP contribution in [0, 0.1) is 6.92 Å². The first kappa shape index (κ1) is 21.9. The molecule has 1 N–H and O–H groups in total. The number of rotatable bonds is 8. The molecule has 2 aliphatic heterocycles. The van der Waals surface area contributed by atoms with Gasteiger partial charge >= 0.3 is 0 Å². The quantitative estimate of drug-likeness (QED) is 0.714. The van der Waals surface area contributed by atoms with Crippen LogP contribution in [-0.4, -0.2) is 70.1 Å². The van der Waals surface area contributed by atoms with E-state index in [1.54, 1.807) is 14.2 Å². The standard InChI is InChI=1S/C22H34N2O5/c1-16-19(27-3)6-5-17(21(16)28-4)14-24-11-9-22(10-12-24)8-7-18(29-22)13-23-20(25)15-26-2/h5-6,18H,7-15H2,1-4H3,(H,23,25)/t18-/m1/s1. The zero-order valence-corrected chi connectivity index (χ0v) is 18.1. The summed E-state index contributed by atoms with van der Waals surface area (Å²) in [5.74, 6) is 1.68. The lowest BCUT2D eigenvalue weighted by atomic mass is 9.88. The van der Waals surface area contributed by atoms with Gasteiger partial charge in [0.2, 0.25) is 5.91 Å². The van der Waals surface area contributed by atoms with Crippen molar-refractivity contribution in [2.75, 3.05) is 47.6 Å². The molecule has 7 heteroatoms. The summed E-state index contributed by atoms with van der Waals surface area (Å²) in [7, 11) is 4.93. The van der Waals surface area contributed by atoms with E-state index in [4.69, 9.17) is 18.9 Å². The average molecular weight is 407 g/mol. The molecule has 1 spiro atoms. The lowest BCUT2D eigenvalue weighted by Crippen LogP contribution is -2.45. The predicted octanol–water partition coefficient (Wildman–Crippen LogP) is 2.29. The molecule has 2 heterocycles. The van der Waals surface area contributed by atoms with E-state index in [9.17, 15) is 4.79 Å². The van der Waals surface area contributed by atoms with Gasteiger partial charge in [-0.25, -0.2) is 0 Å². The van der Waals surface area contributed by atoms with Crippen LogP contribution in [-0.2, 0) is 20.8 Å². The van der Waals surface area contributed by atoms with Gasteiger partial charge in [0.1, 0.15) is 18.1 Å². The molecule has 162 valence electrons. The van der Waals surface area contributed by atoms with Gasteiger partial charge in [-0.05, 0) is 38.7 Å². The van der Waals surface area contributed by atoms with Crippen LogP contribution >= 0.6 is 0 Å². The minimum atomic E-state index is -0.0874. The smallest absolute Gasteiger partial charge is 0.246 e. The Morgan fingerprint density at radius 2 is 1.97 bits per heavy atom. The molecular formula is C22H34N2O5. The van der Waals surface area contributed by atoms with Crippen LogP contribution in [0.5, 0.6) is 11.5 Å². The molecule has 0 aromatic heterocycles. The molecule has 0 aliphatic carbocycles. The molecule has 0 unspecified atom stereocenters. The van der Waals surface area contributed by atoms with Crippen molar-refractivity contribution < 1.29 is 23.7 Å². The number of ether oxygens (including phenoxy) is 4. The van der Waals surface area contributed by atoms with Gasteiger partial charge in [0, 0.05) is 44.4 Å². The molecule has 29 heavy (non-hydrogen) atoms. The summed E-state index contributed by atoms with van der Waals surface area (Å²) in [6.45, 7) is 5.55. The summed E-state index contributed by atoms with van der Waals surface area (Å²) < 4.78 is 22.3. The SMILES string of the molecule is COCC(=O)NC[C@H]1CCC2(CCN(Cc3ccc(OC)c(C)c3OC)CC2)O1. The Morgan fingerprint density at radius 1 is 1.21 bits per heavy atom. The highest BCUT2D eigenvalue weighted by molar-refractivity contribution is 5.77. The van der Waals surface area contributed by atoms with Crippen molar-refractivity contribution in [1.29, 1.82) is 0 Å². The van der Waals surface area contributed by atoms with Gasteiger partial charge in [-0.2, -0.15) is 0 Å². The third kappa shape index (κ3) is 5.21. The van der Waals surface area contributed by atoms with E-state index in [2.05, 4.69) is 16.3 Å². The maximum atomic E-state index is 11.6. The molecule has 0 saturated carbocycles. The third-order valence-corrected chi connectivity index (χ3v) is 6.16. The number of methoxy groups -OCH3 is 3. The monoisotopic (exact) mass is 406 g/mol. The van der Waals surface area contributed by atoms with Gasteiger partial charge in [0.05, 0.1) is 25.9 Å². The second-order valence-electron chi connectivity index (χ2n) is 8.06. The van der Waals surface area contributed by atoms with Gasteiger partial charge in [0.25, 0.3) is 0 Å². The van der Waals surface area contributed by atoms with Gasteiger partial charge in [-0.15, -0.1) is 0 Å². The highest BCUT2D eigenvalue weighted by Crippen LogP contribution is 2.39. The largest absolute Gasteiger partial charge is 0.496 e. The summed E-state index contributed by atoms with van der Waals surface area (Å²) in [6, 6.07) is 4.11. The van der Waals surface area contributed by atoms with E-state index < -0.39 is 0 Å². The maximum Gasteiger partial charge on any atom is 0.246 e. The Labute approximate surface area is 173 Å². The molecule has 3 rings (SSSR count). The van der Waals surface area contributed by atoms with Gasteiger partial charge in [0.15, 0.2) is 0 Å². The number of amides is 1. The van der Waals surface area contributed by atoms with Gasteiger partial charge in [-0.3, -0.25) is 9.69 Å². The van der Waals surface area contributed by atoms with Crippen LogP contribution in [0.3, 0.4) is 0 Å². The number of hydrogen-bond donors (Lipinski definition) is 1. The van der Waals surface area contributed by atoms with E-state index in [-0.39, 0.29) is 24.2 Å². The first-order valence-electron chi connectivity index (χ1n) is 10.4. The van der Waals surface area contributed by atoms with Crippen LogP contribution in [0.25, 0.3) is 0 Å². The van der Waals surface area contributed by atoms with Crippen LogP contribution in [0.2, 0.25) is 0 Å². The van der Waals surface area contributed by atoms with Crippen molar-refractivity contribution in [3.8, 4) is 11.5 Å². The molecule has 0 radical (unpaired) electrons. The van der Waals surface area contributed by atoms with E-state index in [0.717, 1.165) is 62.4 Å². The second-order valence-corrected chi connectivity index (χ2v) is 8.06. The Bertz CT molecular complexity index is 701. The summed E-state index contributed by atoms with van der Waals surface area (Å²) in [5, 5.41) is 2.89. The molecule has 2 fully saturated rings. The fraction of sp³-hybridized carbons (Fsp3) is 0.682. The first-order chi connectivity index (χ1) is 14.0. The number of carbonyl (C=O) groups is 1. The molecule has 2 saturated heterocycles. The zero-order valence-electron chi connectivity index (χ0n) is 18.1. The van der Waals surface area contributed by atoms with Gasteiger partial charge < -0.3 is 24.3 Å². The number of nitrogens with one attached hydrogen (secondary N) is 1. The summed E-state index contributed by atoms with van der Waals surface area (Å²) in [5.41, 5.74) is 2.19. The second kappa shape index (κ2) is 9.78. The minimum absolute atomic E-state index is 0.0347. The average Bonchev–Trinajstić information content (AvgIpc) is 3.12. The number of nitrogens with zero attached hydrogens (tertiary/aromatic N) is 1. The van der Waals surface area contributed by atoms with E-state index in [1.807, 2.05) is 13.0 Å². The normalized spacial score (nSPS) is 21.3. The van der Waals surface area contributed by atoms with E-state index >= 15 is 0 Å². The molecule has 1 aromatic rings. The fourth-order valence-electron chi connectivity index (χ4n) is 4.54. The van der Waals surface area contributed by atoms with Crippen LogP contribution in [0.1, 0.15) is 36.8 Å². The van der Waals surface area contributed by atoms with Crippen LogP contribution in [0.4, 0.5) is 0 Å². The van der Waals surface area contributed by atoms with Crippen molar-refractivity contribution >= 4 is 5.91 Å². The lowest BCUT2D eigenvalue weighted by molar-refractivity contribution is -0.126. The van der Waals surface area contributed by atoms with Crippen molar-refractivity contribution in [2.45, 2.75) is 50.9 Å². The number of piperidine rings is 1. The topological polar surface area (TPSA) is 69.3 Å². The molecule has 0 bridgehead atoms. The van der Waals surface area contributed by atoms with Crippen molar-refractivity contribution in [3.05, 3.63) is 23.3 Å². The number of carbonyl (C=O) groups excluding carboxylic acids is 1. The first-order valence-corrected chi connectivity index (χ1v) is 10.4. The molecule has 1 atom stereocenters. The van der Waals surface area contributed by atoms with E-state index in [1.165, 1.54) is 12.7 Å². The minimum Gasteiger partial charge on any atom is -0.496 e.